The summed E-state index contributed by atoms with van der Waals surface area (Å²) in [7, 11) is 0.571. The zero-order valence-electron chi connectivity index (χ0n) is 17.6. The molecular formula is C21H28N2O6S. The number of methoxy groups -OCH3 is 3. The van der Waals surface area contributed by atoms with Gasteiger partial charge in [-0.15, -0.1) is 0 Å². The van der Waals surface area contributed by atoms with Gasteiger partial charge in [0, 0.05) is 19.2 Å². The zero-order valence-corrected chi connectivity index (χ0v) is 18.4. The van der Waals surface area contributed by atoms with E-state index in [0.717, 1.165) is 11.3 Å². The molecule has 2 aromatic carbocycles. The van der Waals surface area contributed by atoms with Gasteiger partial charge < -0.3 is 19.5 Å². The second kappa shape index (κ2) is 11.0. The average molecular weight is 437 g/mol. The average Bonchev–Trinajstić information content (AvgIpc) is 2.77. The van der Waals surface area contributed by atoms with Crippen LogP contribution < -0.4 is 19.5 Å². The van der Waals surface area contributed by atoms with Crippen molar-refractivity contribution in [3.63, 3.8) is 0 Å². The number of hydrogen-bond acceptors (Lipinski definition) is 6. The summed E-state index contributed by atoms with van der Waals surface area (Å²) in [6.07, 6.45) is 0.665. The van der Waals surface area contributed by atoms with Gasteiger partial charge in [0.15, 0.2) is 0 Å². The predicted molar refractivity (Wildman–Crippen MR) is 114 cm³/mol. The molecule has 9 heteroatoms. The third-order valence-electron chi connectivity index (χ3n) is 4.55. The highest BCUT2D eigenvalue weighted by molar-refractivity contribution is 7.89. The highest BCUT2D eigenvalue weighted by Crippen LogP contribution is 2.26. The van der Waals surface area contributed by atoms with Gasteiger partial charge in [-0.3, -0.25) is 4.79 Å². The fraction of sp³-hybridized carbons (Fsp3) is 0.381. The van der Waals surface area contributed by atoms with E-state index >= 15 is 0 Å². The highest BCUT2D eigenvalue weighted by Gasteiger charge is 2.22. The third kappa shape index (κ3) is 5.94. The van der Waals surface area contributed by atoms with Crippen LogP contribution in [0.3, 0.4) is 0 Å². The van der Waals surface area contributed by atoms with Crippen molar-refractivity contribution in [3.05, 3.63) is 53.6 Å². The van der Waals surface area contributed by atoms with E-state index in [-0.39, 0.29) is 41.3 Å². The Balaban J connectivity index is 2.25. The zero-order chi connectivity index (χ0) is 22.1. The number of carbonyl (C=O) groups is 1. The van der Waals surface area contributed by atoms with E-state index in [1.54, 1.807) is 7.11 Å². The number of benzene rings is 2. The normalized spacial score (nSPS) is 12.3. The molecule has 0 aliphatic carbocycles. The second-order valence-electron chi connectivity index (χ2n) is 6.46. The van der Waals surface area contributed by atoms with Crippen LogP contribution in [-0.2, 0) is 14.8 Å². The van der Waals surface area contributed by atoms with Gasteiger partial charge >= 0.3 is 0 Å². The molecule has 2 rings (SSSR count). The predicted octanol–water partition coefficient (Wildman–Crippen LogP) is 2.51. The lowest BCUT2D eigenvalue weighted by atomic mass is 10.0. The molecule has 0 radical (unpaired) electrons. The Morgan fingerprint density at radius 1 is 1.03 bits per heavy atom. The maximum absolute atomic E-state index is 12.8. The van der Waals surface area contributed by atoms with Crippen LogP contribution in [0.25, 0.3) is 0 Å². The first-order valence-corrected chi connectivity index (χ1v) is 11.0. The van der Waals surface area contributed by atoms with E-state index in [0.29, 0.717) is 6.42 Å². The Bertz CT molecular complexity index is 944. The Labute approximate surface area is 177 Å². The molecule has 0 saturated carbocycles. The van der Waals surface area contributed by atoms with Crippen LogP contribution in [0.5, 0.6) is 11.5 Å². The van der Waals surface area contributed by atoms with Crippen LogP contribution in [0, 0.1) is 0 Å². The lowest BCUT2D eigenvalue weighted by molar-refractivity contribution is 0.0935. The molecule has 2 aromatic rings. The molecule has 0 aliphatic rings. The quantitative estimate of drug-likeness (QED) is 0.525. The molecule has 2 N–H and O–H groups in total. The van der Waals surface area contributed by atoms with Crippen molar-refractivity contribution in [1.82, 2.24) is 10.0 Å². The smallest absolute Gasteiger partial charge is 0.251 e. The van der Waals surface area contributed by atoms with Gasteiger partial charge in [-0.1, -0.05) is 19.1 Å². The van der Waals surface area contributed by atoms with Gasteiger partial charge in [-0.05, 0) is 42.3 Å². The summed E-state index contributed by atoms with van der Waals surface area (Å²) in [5, 5.41) is 2.95. The molecule has 0 heterocycles. The van der Waals surface area contributed by atoms with E-state index in [4.69, 9.17) is 14.2 Å². The molecule has 8 nitrogen and oxygen atoms in total. The molecule has 1 unspecified atom stereocenters. The van der Waals surface area contributed by atoms with Crippen molar-refractivity contribution in [2.24, 2.45) is 0 Å². The van der Waals surface area contributed by atoms with Gasteiger partial charge in [0.05, 0.1) is 26.9 Å². The largest absolute Gasteiger partial charge is 0.497 e. The van der Waals surface area contributed by atoms with E-state index in [1.165, 1.54) is 32.4 Å². The minimum Gasteiger partial charge on any atom is -0.497 e. The number of rotatable bonds is 11. The van der Waals surface area contributed by atoms with Crippen LogP contribution in [-0.4, -0.2) is 48.8 Å². The maximum atomic E-state index is 12.8. The number of carbonyl (C=O) groups excluding carboxylic acids is 1. The first-order valence-electron chi connectivity index (χ1n) is 9.47. The maximum Gasteiger partial charge on any atom is 0.251 e. The Kier molecular flexibility index (Phi) is 8.64. The van der Waals surface area contributed by atoms with Crippen molar-refractivity contribution < 1.29 is 27.4 Å². The molecule has 0 aromatic heterocycles. The van der Waals surface area contributed by atoms with Crippen molar-refractivity contribution in [1.29, 1.82) is 0 Å². The molecular weight excluding hydrogens is 408 g/mol. The molecule has 164 valence electrons. The number of ether oxygens (including phenoxy) is 3. The molecule has 0 fully saturated rings. The van der Waals surface area contributed by atoms with Gasteiger partial charge in [0.2, 0.25) is 10.0 Å². The Morgan fingerprint density at radius 3 is 2.30 bits per heavy atom. The van der Waals surface area contributed by atoms with Crippen molar-refractivity contribution in [2.75, 3.05) is 34.5 Å². The summed E-state index contributed by atoms with van der Waals surface area (Å²) in [5.74, 6) is 0.498. The first-order chi connectivity index (χ1) is 14.4. The summed E-state index contributed by atoms with van der Waals surface area (Å²) in [6, 6.07) is 11.5. The van der Waals surface area contributed by atoms with Crippen molar-refractivity contribution in [2.45, 2.75) is 24.3 Å². The molecule has 1 amide bonds. The summed E-state index contributed by atoms with van der Waals surface area (Å²) < 4.78 is 42.9. The van der Waals surface area contributed by atoms with Gasteiger partial charge in [-0.2, -0.15) is 0 Å². The van der Waals surface area contributed by atoms with E-state index in [2.05, 4.69) is 10.0 Å². The molecule has 0 saturated heterocycles. The van der Waals surface area contributed by atoms with Gasteiger partial charge in [0.1, 0.15) is 16.4 Å². The lowest BCUT2D eigenvalue weighted by Crippen LogP contribution is -2.30. The van der Waals surface area contributed by atoms with E-state index < -0.39 is 10.0 Å². The number of amides is 1. The minimum absolute atomic E-state index is 0.105. The first kappa shape index (κ1) is 23.7. The molecule has 0 aliphatic heterocycles. The fourth-order valence-corrected chi connectivity index (χ4v) is 4.09. The SMILES string of the molecule is CCC(NC(=O)c1ccc(OC)c(S(=O)(=O)NCCOC)c1)c1ccc(OC)cc1. The standard InChI is InChI=1S/C21H28N2O6S/c1-5-18(15-6-9-17(28-3)10-7-15)23-21(24)16-8-11-19(29-4)20(14-16)30(25,26)22-12-13-27-2/h6-11,14,18,22H,5,12-13H2,1-4H3,(H,23,24). The van der Waals surface area contributed by atoms with Crippen LogP contribution in [0.1, 0.15) is 35.3 Å². The summed E-state index contributed by atoms with van der Waals surface area (Å²) >= 11 is 0. The topological polar surface area (TPSA) is 103 Å². The molecule has 1 atom stereocenters. The van der Waals surface area contributed by atoms with Crippen molar-refractivity contribution >= 4 is 15.9 Å². The third-order valence-corrected chi connectivity index (χ3v) is 6.03. The van der Waals surface area contributed by atoms with E-state index in [9.17, 15) is 13.2 Å². The monoisotopic (exact) mass is 436 g/mol. The fourth-order valence-electron chi connectivity index (χ4n) is 2.88. The number of sulfonamides is 1. The highest BCUT2D eigenvalue weighted by atomic mass is 32.2. The Morgan fingerprint density at radius 2 is 1.73 bits per heavy atom. The van der Waals surface area contributed by atoms with Crippen molar-refractivity contribution in [3.8, 4) is 11.5 Å². The van der Waals surface area contributed by atoms with Gasteiger partial charge in [-0.25, -0.2) is 13.1 Å². The second-order valence-corrected chi connectivity index (χ2v) is 8.20. The van der Waals surface area contributed by atoms with Crippen LogP contribution in [0.4, 0.5) is 0 Å². The van der Waals surface area contributed by atoms with Crippen LogP contribution in [0.15, 0.2) is 47.4 Å². The molecule has 0 bridgehead atoms. The van der Waals surface area contributed by atoms with E-state index in [1.807, 2.05) is 31.2 Å². The number of nitrogens with one attached hydrogen (secondary N) is 2. The van der Waals surface area contributed by atoms with Gasteiger partial charge in [0.25, 0.3) is 5.91 Å². The lowest BCUT2D eigenvalue weighted by Gasteiger charge is -2.18. The van der Waals surface area contributed by atoms with Crippen LogP contribution in [0.2, 0.25) is 0 Å². The summed E-state index contributed by atoms with van der Waals surface area (Å²) in [6.45, 7) is 2.29. The Hall–Kier alpha value is -2.62. The molecule has 30 heavy (non-hydrogen) atoms. The minimum atomic E-state index is -3.87. The van der Waals surface area contributed by atoms with Crippen LogP contribution >= 0.6 is 0 Å². The molecule has 0 spiro atoms. The summed E-state index contributed by atoms with van der Waals surface area (Å²) in [5.41, 5.74) is 1.14. The number of hydrogen-bond donors (Lipinski definition) is 2. The summed E-state index contributed by atoms with van der Waals surface area (Å²) in [4.78, 5) is 12.7.